The zero-order valence-electron chi connectivity index (χ0n) is 11.4. The number of pyridine rings is 1. The molecule has 0 bridgehead atoms. The van der Waals surface area contributed by atoms with Gasteiger partial charge in [-0.25, -0.2) is 0 Å². The molecule has 20 heavy (non-hydrogen) atoms. The zero-order valence-corrected chi connectivity index (χ0v) is 11.4. The number of hydrogen-bond donors (Lipinski definition) is 1. The first kappa shape index (κ1) is 13.2. The molecule has 2 aromatic heterocycles. The van der Waals surface area contributed by atoms with Crippen molar-refractivity contribution in [1.82, 2.24) is 20.0 Å². The number of aromatic nitrogens is 3. The summed E-state index contributed by atoms with van der Waals surface area (Å²) in [5, 5.41) is 3.99. The molecule has 106 valence electrons. The second-order valence-corrected chi connectivity index (χ2v) is 5.18. The highest BCUT2D eigenvalue weighted by atomic mass is 16.5. The molecule has 3 heterocycles. The van der Waals surface area contributed by atoms with Crippen molar-refractivity contribution in [3.05, 3.63) is 30.3 Å². The third-order valence-corrected chi connectivity index (χ3v) is 3.76. The van der Waals surface area contributed by atoms with Gasteiger partial charge in [0.1, 0.15) is 5.69 Å². The molecule has 0 unspecified atom stereocenters. The lowest BCUT2D eigenvalue weighted by Crippen LogP contribution is -2.35. The van der Waals surface area contributed by atoms with Crippen LogP contribution in [0.4, 0.5) is 0 Å². The van der Waals surface area contributed by atoms with Gasteiger partial charge in [0.15, 0.2) is 0 Å². The maximum Gasteiger partial charge on any atom is 0.241 e. The first-order chi connectivity index (χ1) is 9.85. The van der Waals surface area contributed by atoms with Crippen LogP contribution in [0.3, 0.4) is 0 Å². The summed E-state index contributed by atoms with van der Waals surface area (Å²) in [4.78, 5) is 11.0. The van der Waals surface area contributed by atoms with Crippen molar-refractivity contribution in [2.24, 2.45) is 11.7 Å². The molecule has 0 aromatic carbocycles. The summed E-state index contributed by atoms with van der Waals surface area (Å²) in [6, 6.07) is 5.66. The van der Waals surface area contributed by atoms with Crippen molar-refractivity contribution in [2.75, 3.05) is 19.6 Å². The Hall–Kier alpha value is -1.79. The molecular weight excluding hydrogens is 254 g/mol. The summed E-state index contributed by atoms with van der Waals surface area (Å²) < 4.78 is 5.31. The third kappa shape index (κ3) is 3.02. The van der Waals surface area contributed by atoms with Crippen molar-refractivity contribution in [2.45, 2.75) is 19.4 Å². The maximum atomic E-state index is 5.70. The number of rotatable bonds is 4. The van der Waals surface area contributed by atoms with Gasteiger partial charge in [0, 0.05) is 6.20 Å². The predicted molar refractivity (Wildman–Crippen MR) is 74.6 cm³/mol. The standard InChI is InChI=1S/C14H19N5O/c15-9-11-4-7-19(8-5-11)10-13-17-14(18-20-13)12-3-1-2-6-16-12/h1-3,6,11H,4-5,7-10,15H2. The summed E-state index contributed by atoms with van der Waals surface area (Å²) >= 11 is 0. The van der Waals surface area contributed by atoms with E-state index in [4.69, 9.17) is 10.3 Å². The fourth-order valence-electron chi connectivity index (χ4n) is 2.49. The molecule has 0 atom stereocenters. The number of hydrogen-bond acceptors (Lipinski definition) is 6. The molecule has 0 saturated carbocycles. The van der Waals surface area contributed by atoms with Crippen molar-refractivity contribution < 1.29 is 4.52 Å². The molecule has 0 spiro atoms. The van der Waals surface area contributed by atoms with Crippen LogP contribution in [0, 0.1) is 5.92 Å². The zero-order chi connectivity index (χ0) is 13.8. The molecule has 0 radical (unpaired) electrons. The third-order valence-electron chi connectivity index (χ3n) is 3.76. The maximum absolute atomic E-state index is 5.70. The van der Waals surface area contributed by atoms with Gasteiger partial charge in [0.2, 0.25) is 11.7 Å². The minimum Gasteiger partial charge on any atom is -0.337 e. The van der Waals surface area contributed by atoms with E-state index in [0.29, 0.717) is 24.2 Å². The summed E-state index contributed by atoms with van der Waals surface area (Å²) in [5.74, 6) is 1.87. The first-order valence-electron chi connectivity index (χ1n) is 7.01. The average molecular weight is 273 g/mol. The van der Waals surface area contributed by atoms with Crippen LogP contribution in [0.15, 0.2) is 28.9 Å². The SMILES string of the molecule is NCC1CCN(Cc2nc(-c3ccccn3)no2)CC1. The number of likely N-dealkylation sites (tertiary alicyclic amines) is 1. The van der Waals surface area contributed by atoms with Crippen LogP contribution in [-0.2, 0) is 6.54 Å². The van der Waals surface area contributed by atoms with E-state index >= 15 is 0 Å². The Labute approximate surface area is 118 Å². The lowest BCUT2D eigenvalue weighted by atomic mass is 9.97. The fraction of sp³-hybridized carbons (Fsp3) is 0.500. The molecular formula is C14H19N5O. The van der Waals surface area contributed by atoms with E-state index in [1.807, 2.05) is 18.2 Å². The van der Waals surface area contributed by atoms with Gasteiger partial charge < -0.3 is 10.3 Å². The molecule has 1 saturated heterocycles. The highest BCUT2D eigenvalue weighted by Crippen LogP contribution is 2.18. The van der Waals surface area contributed by atoms with Crippen LogP contribution in [0.5, 0.6) is 0 Å². The Kier molecular flexibility index (Phi) is 4.03. The van der Waals surface area contributed by atoms with Crippen molar-refractivity contribution in [3.8, 4) is 11.5 Å². The van der Waals surface area contributed by atoms with Crippen LogP contribution >= 0.6 is 0 Å². The molecule has 1 fully saturated rings. The molecule has 0 amide bonds. The Morgan fingerprint density at radius 2 is 2.15 bits per heavy atom. The van der Waals surface area contributed by atoms with E-state index in [1.165, 1.54) is 0 Å². The van der Waals surface area contributed by atoms with E-state index in [2.05, 4.69) is 20.0 Å². The molecule has 1 aliphatic rings. The van der Waals surface area contributed by atoms with Gasteiger partial charge in [0.25, 0.3) is 0 Å². The van der Waals surface area contributed by atoms with Crippen LogP contribution in [0.2, 0.25) is 0 Å². The Balaban J connectivity index is 1.61. The second kappa shape index (κ2) is 6.11. The predicted octanol–water partition coefficient (Wildman–Crippen LogP) is 1.30. The number of nitrogens with two attached hydrogens (primary N) is 1. The largest absolute Gasteiger partial charge is 0.337 e. The molecule has 6 heteroatoms. The quantitative estimate of drug-likeness (QED) is 0.904. The van der Waals surface area contributed by atoms with Crippen molar-refractivity contribution in [3.63, 3.8) is 0 Å². The first-order valence-corrected chi connectivity index (χ1v) is 7.01. The second-order valence-electron chi connectivity index (χ2n) is 5.18. The Bertz CT molecular complexity index is 534. The van der Waals surface area contributed by atoms with Crippen molar-refractivity contribution in [1.29, 1.82) is 0 Å². The smallest absolute Gasteiger partial charge is 0.241 e. The van der Waals surface area contributed by atoms with Gasteiger partial charge >= 0.3 is 0 Å². The summed E-state index contributed by atoms with van der Waals surface area (Å²) in [7, 11) is 0. The summed E-state index contributed by atoms with van der Waals surface area (Å²) in [6.07, 6.45) is 4.03. The van der Waals surface area contributed by atoms with Gasteiger partial charge in [-0.05, 0) is 50.5 Å². The number of piperidine rings is 1. The van der Waals surface area contributed by atoms with Gasteiger partial charge in [0.05, 0.1) is 6.54 Å². The van der Waals surface area contributed by atoms with Gasteiger partial charge in [-0.3, -0.25) is 9.88 Å². The van der Waals surface area contributed by atoms with E-state index in [-0.39, 0.29) is 0 Å². The molecule has 1 aliphatic heterocycles. The van der Waals surface area contributed by atoms with E-state index in [1.54, 1.807) is 6.20 Å². The van der Waals surface area contributed by atoms with E-state index in [0.717, 1.165) is 38.2 Å². The number of nitrogens with zero attached hydrogens (tertiary/aromatic N) is 4. The highest BCUT2D eigenvalue weighted by Gasteiger charge is 2.20. The highest BCUT2D eigenvalue weighted by molar-refractivity contribution is 5.46. The van der Waals surface area contributed by atoms with Gasteiger partial charge in [-0.15, -0.1) is 0 Å². The molecule has 0 aliphatic carbocycles. The summed E-state index contributed by atoms with van der Waals surface area (Å²) in [6.45, 7) is 3.59. The monoisotopic (exact) mass is 273 g/mol. The van der Waals surface area contributed by atoms with Crippen LogP contribution in [-0.4, -0.2) is 39.7 Å². The van der Waals surface area contributed by atoms with Crippen LogP contribution < -0.4 is 5.73 Å². The van der Waals surface area contributed by atoms with Crippen molar-refractivity contribution >= 4 is 0 Å². The topological polar surface area (TPSA) is 81.1 Å². The lowest BCUT2D eigenvalue weighted by Gasteiger charge is -2.30. The lowest BCUT2D eigenvalue weighted by molar-refractivity contribution is 0.161. The van der Waals surface area contributed by atoms with Crippen LogP contribution in [0.1, 0.15) is 18.7 Å². The minimum absolute atomic E-state index is 0.553. The van der Waals surface area contributed by atoms with E-state index < -0.39 is 0 Å². The fourth-order valence-corrected chi connectivity index (χ4v) is 2.49. The molecule has 2 N–H and O–H groups in total. The Morgan fingerprint density at radius 3 is 2.85 bits per heavy atom. The van der Waals surface area contributed by atoms with Gasteiger partial charge in [-0.1, -0.05) is 11.2 Å². The van der Waals surface area contributed by atoms with E-state index in [9.17, 15) is 0 Å². The normalized spacial score (nSPS) is 17.4. The van der Waals surface area contributed by atoms with Crippen LogP contribution in [0.25, 0.3) is 11.5 Å². The Morgan fingerprint density at radius 1 is 1.30 bits per heavy atom. The minimum atomic E-state index is 0.553. The molecule has 6 nitrogen and oxygen atoms in total. The molecule has 3 rings (SSSR count). The van der Waals surface area contributed by atoms with Gasteiger partial charge in [-0.2, -0.15) is 4.98 Å². The summed E-state index contributed by atoms with van der Waals surface area (Å²) in [5.41, 5.74) is 6.44. The average Bonchev–Trinajstić information content (AvgIpc) is 2.97. The molecule has 2 aromatic rings.